The summed E-state index contributed by atoms with van der Waals surface area (Å²) in [6.45, 7) is 6.39. The smallest absolute Gasteiger partial charge is 0.271 e. The Morgan fingerprint density at radius 1 is 1.35 bits per heavy atom. The zero-order valence-corrected chi connectivity index (χ0v) is 14.4. The molecule has 0 heterocycles. The monoisotopic (exact) mass is 343 g/mol. The quantitative estimate of drug-likeness (QED) is 0.591. The van der Waals surface area contributed by atoms with Crippen molar-refractivity contribution in [3.63, 3.8) is 0 Å². The van der Waals surface area contributed by atoms with E-state index in [0.29, 0.717) is 11.1 Å². The largest absolute Gasteiger partial charge is 0.369 e. The highest BCUT2D eigenvalue weighted by Crippen LogP contribution is 2.28. The highest BCUT2D eigenvalue weighted by molar-refractivity contribution is 7.89. The number of hydrogen-bond donors (Lipinski definition) is 1. The van der Waals surface area contributed by atoms with Gasteiger partial charge in [0, 0.05) is 18.7 Å². The first-order valence-electron chi connectivity index (χ1n) is 7.01. The van der Waals surface area contributed by atoms with Crippen molar-refractivity contribution in [1.82, 2.24) is 4.31 Å². The second kappa shape index (κ2) is 7.05. The Bertz CT molecular complexity index is 728. The molecule has 1 amide bonds. The van der Waals surface area contributed by atoms with Gasteiger partial charge in [-0.1, -0.05) is 13.8 Å². The molecule has 0 saturated carbocycles. The molecule has 0 saturated heterocycles. The van der Waals surface area contributed by atoms with Gasteiger partial charge in [0.05, 0.1) is 16.4 Å². The molecule has 0 aliphatic heterocycles. The van der Waals surface area contributed by atoms with Gasteiger partial charge in [-0.05, 0) is 30.9 Å². The highest BCUT2D eigenvalue weighted by atomic mass is 32.2. The molecule has 0 unspecified atom stereocenters. The highest BCUT2D eigenvalue weighted by Gasteiger charge is 2.30. The molecule has 0 aliphatic carbocycles. The van der Waals surface area contributed by atoms with E-state index in [2.05, 4.69) is 0 Å². The number of nitro benzene ring substituents is 1. The number of non-ortho nitro benzene ring substituents is 1. The van der Waals surface area contributed by atoms with Gasteiger partial charge in [-0.3, -0.25) is 14.9 Å². The third-order valence-electron chi connectivity index (χ3n) is 3.33. The van der Waals surface area contributed by atoms with Gasteiger partial charge < -0.3 is 5.73 Å². The average Bonchev–Trinajstić information content (AvgIpc) is 2.39. The molecule has 23 heavy (non-hydrogen) atoms. The van der Waals surface area contributed by atoms with Crippen LogP contribution in [0.25, 0.3) is 0 Å². The molecule has 0 atom stereocenters. The molecule has 8 nitrogen and oxygen atoms in total. The van der Waals surface area contributed by atoms with E-state index in [-0.39, 0.29) is 23.0 Å². The molecule has 128 valence electrons. The minimum absolute atomic E-state index is 0.0378. The minimum atomic E-state index is -4.07. The molecule has 0 aliphatic rings. The summed E-state index contributed by atoms with van der Waals surface area (Å²) in [5, 5.41) is 11.0. The van der Waals surface area contributed by atoms with Crippen LogP contribution >= 0.6 is 0 Å². The number of primary amides is 1. The number of sulfonamides is 1. The van der Waals surface area contributed by atoms with Crippen LogP contribution in [0.1, 0.15) is 25.0 Å². The second-order valence-electron chi connectivity index (χ2n) is 5.80. The molecular formula is C14H21N3O5S. The lowest BCUT2D eigenvalue weighted by Crippen LogP contribution is -2.40. The predicted molar refractivity (Wildman–Crippen MR) is 85.4 cm³/mol. The van der Waals surface area contributed by atoms with Crippen molar-refractivity contribution in [2.75, 3.05) is 13.1 Å². The standard InChI is InChI=1S/C14H21N3O5S/c1-9(2)7-16(8-14(15)18)23(21,22)13-6-12(17(19)20)5-10(3)11(13)4/h5-6,9H,7-8H2,1-4H3,(H2,15,18). The van der Waals surface area contributed by atoms with E-state index < -0.39 is 27.4 Å². The van der Waals surface area contributed by atoms with Crippen LogP contribution in [-0.4, -0.2) is 36.6 Å². The molecule has 2 N–H and O–H groups in total. The molecule has 9 heteroatoms. The van der Waals surface area contributed by atoms with Crippen LogP contribution in [0.2, 0.25) is 0 Å². The maximum atomic E-state index is 12.8. The van der Waals surface area contributed by atoms with E-state index in [0.717, 1.165) is 10.4 Å². The van der Waals surface area contributed by atoms with Gasteiger partial charge in [0.25, 0.3) is 5.69 Å². The summed E-state index contributed by atoms with van der Waals surface area (Å²) in [5.41, 5.74) is 5.72. The van der Waals surface area contributed by atoms with Crippen LogP contribution in [0.15, 0.2) is 17.0 Å². The fourth-order valence-corrected chi connectivity index (χ4v) is 4.04. The minimum Gasteiger partial charge on any atom is -0.369 e. The lowest BCUT2D eigenvalue weighted by atomic mass is 10.1. The molecule has 0 spiro atoms. The summed E-state index contributed by atoms with van der Waals surface area (Å²) < 4.78 is 26.7. The van der Waals surface area contributed by atoms with E-state index in [4.69, 9.17) is 5.73 Å². The third-order valence-corrected chi connectivity index (χ3v) is 5.27. The molecule has 0 radical (unpaired) electrons. The molecule has 0 aromatic heterocycles. The first kappa shape index (κ1) is 19.0. The Labute approximate surface area is 135 Å². The lowest BCUT2D eigenvalue weighted by molar-refractivity contribution is -0.385. The van der Waals surface area contributed by atoms with Crippen LogP contribution < -0.4 is 5.73 Å². The number of benzene rings is 1. The lowest BCUT2D eigenvalue weighted by Gasteiger charge is -2.23. The van der Waals surface area contributed by atoms with Crippen molar-refractivity contribution >= 4 is 21.6 Å². The van der Waals surface area contributed by atoms with Crippen molar-refractivity contribution in [2.45, 2.75) is 32.6 Å². The van der Waals surface area contributed by atoms with E-state index >= 15 is 0 Å². The van der Waals surface area contributed by atoms with Crippen LogP contribution in [0.4, 0.5) is 5.69 Å². The van der Waals surface area contributed by atoms with Crippen molar-refractivity contribution in [3.8, 4) is 0 Å². The van der Waals surface area contributed by atoms with E-state index in [1.54, 1.807) is 27.7 Å². The SMILES string of the molecule is Cc1cc([N+](=O)[O-])cc(S(=O)(=O)N(CC(N)=O)CC(C)C)c1C. The summed E-state index contributed by atoms with van der Waals surface area (Å²) in [7, 11) is -4.07. The van der Waals surface area contributed by atoms with Crippen LogP contribution in [-0.2, 0) is 14.8 Å². The van der Waals surface area contributed by atoms with Crippen molar-refractivity contribution in [1.29, 1.82) is 0 Å². The van der Waals surface area contributed by atoms with Gasteiger partial charge in [-0.2, -0.15) is 4.31 Å². The number of carbonyl (C=O) groups excluding carboxylic acids is 1. The Balaban J connectivity index is 3.50. The number of hydrogen-bond acceptors (Lipinski definition) is 5. The molecule has 1 aromatic rings. The Morgan fingerprint density at radius 3 is 2.35 bits per heavy atom. The number of nitrogens with two attached hydrogens (primary N) is 1. The van der Waals surface area contributed by atoms with Crippen LogP contribution in [0.3, 0.4) is 0 Å². The van der Waals surface area contributed by atoms with Crippen LogP contribution in [0.5, 0.6) is 0 Å². The van der Waals surface area contributed by atoms with Crippen molar-refractivity contribution in [3.05, 3.63) is 33.4 Å². The molecule has 1 rings (SSSR count). The molecular weight excluding hydrogens is 322 g/mol. The van der Waals surface area contributed by atoms with Gasteiger partial charge in [0.1, 0.15) is 0 Å². The summed E-state index contributed by atoms with van der Waals surface area (Å²) in [6.07, 6.45) is 0. The first-order chi connectivity index (χ1) is 10.5. The molecule has 0 bridgehead atoms. The topological polar surface area (TPSA) is 124 Å². The maximum Gasteiger partial charge on any atom is 0.271 e. The number of nitro groups is 1. The normalized spacial score (nSPS) is 11.9. The van der Waals surface area contributed by atoms with Gasteiger partial charge in [-0.25, -0.2) is 8.42 Å². The van der Waals surface area contributed by atoms with E-state index in [1.165, 1.54) is 6.07 Å². The predicted octanol–water partition coefficient (Wildman–Crippen LogP) is 1.34. The third kappa shape index (κ3) is 4.49. The average molecular weight is 343 g/mol. The number of aryl methyl sites for hydroxylation is 1. The fraction of sp³-hybridized carbons (Fsp3) is 0.500. The number of amides is 1. The number of rotatable bonds is 7. The van der Waals surface area contributed by atoms with Gasteiger partial charge in [0.15, 0.2) is 0 Å². The van der Waals surface area contributed by atoms with Crippen LogP contribution in [0, 0.1) is 29.9 Å². The first-order valence-corrected chi connectivity index (χ1v) is 8.45. The molecule has 1 aromatic carbocycles. The Hall–Kier alpha value is -2.00. The zero-order valence-electron chi connectivity index (χ0n) is 13.6. The summed E-state index contributed by atoms with van der Waals surface area (Å²) in [6, 6.07) is 2.33. The second-order valence-corrected chi connectivity index (χ2v) is 7.71. The summed E-state index contributed by atoms with van der Waals surface area (Å²) in [4.78, 5) is 21.4. The Morgan fingerprint density at radius 2 is 1.91 bits per heavy atom. The van der Waals surface area contributed by atoms with Crippen molar-refractivity contribution in [2.24, 2.45) is 11.7 Å². The number of nitrogens with zero attached hydrogens (tertiary/aromatic N) is 2. The van der Waals surface area contributed by atoms with Gasteiger partial charge >= 0.3 is 0 Å². The van der Waals surface area contributed by atoms with Crippen molar-refractivity contribution < 1.29 is 18.1 Å². The van der Waals surface area contributed by atoms with Gasteiger partial charge in [-0.15, -0.1) is 0 Å². The summed E-state index contributed by atoms with van der Waals surface area (Å²) >= 11 is 0. The number of carbonyl (C=O) groups is 1. The summed E-state index contributed by atoms with van der Waals surface area (Å²) in [5.74, 6) is -0.821. The fourth-order valence-electron chi connectivity index (χ4n) is 2.15. The van der Waals surface area contributed by atoms with Gasteiger partial charge in [0.2, 0.25) is 15.9 Å². The zero-order chi connectivity index (χ0) is 17.9. The molecule has 0 fully saturated rings. The Kier molecular flexibility index (Phi) is 5.84. The van der Waals surface area contributed by atoms with E-state index in [1.807, 2.05) is 0 Å². The van der Waals surface area contributed by atoms with E-state index in [9.17, 15) is 23.3 Å². The maximum absolute atomic E-state index is 12.8.